The lowest BCUT2D eigenvalue weighted by Crippen LogP contribution is -2.15. The van der Waals surface area contributed by atoms with Crippen LogP contribution in [0.2, 0.25) is 5.02 Å². The smallest absolute Gasteiger partial charge is 0.141 e. The van der Waals surface area contributed by atoms with Gasteiger partial charge >= 0.3 is 0 Å². The summed E-state index contributed by atoms with van der Waals surface area (Å²) < 4.78 is 15.9. The van der Waals surface area contributed by atoms with Gasteiger partial charge in [-0.1, -0.05) is 17.7 Å². The summed E-state index contributed by atoms with van der Waals surface area (Å²) >= 11 is 9.25. The largest absolute Gasteiger partial charge is 0.307 e. The number of aromatic nitrogens is 2. The summed E-state index contributed by atoms with van der Waals surface area (Å²) in [4.78, 5) is 0. The van der Waals surface area contributed by atoms with Crippen molar-refractivity contribution in [2.24, 2.45) is 7.05 Å². The number of aryl methyl sites for hydroxylation is 2. The zero-order valence-electron chi connectivity index (χ0n) is 10.7. The summed E-state index contributed by atoms with van der Waals surface area (Å²) in [6.45, 7) is 3.25. The van der Waals surface area contributed by atoms with E-state index in [-0.39, 0.29) is 5.02 Å². The van der Waals surface area contributed by atoms with E-state index in [1.165, 1.54) is 6.07 Å². The Morgan fingerprint density at radius 1 is 1.42 bits per heavy atom. The second-order valence-electron chi connectivity index (χ2n) is 4.32. The summed E-state index contributed by atoms with van der Waals surface area (Å²) in [6.07, 6.45) is 0. The molecule has 0 fully saturated rings. The monoisotopic (exact) mass is 345 g/mol. The van der Waals surface area contributed by atoms with Gasteiger partial charge in [-0.3, -0.25) is 4.68 Å². The molecule has 1 heterocycles. The van der Waals surface area contributed by atoms with Gasteiger partial charge in [0, 0.05) is 20.1 Å². The third-order valence-corrected chi connectivity index (χ3v) is 4.19. The lowest BCUT2D eigenvalue weighted by molar-refractivity contribution is 0.615. The molecule has 2 rings (SSSR count). The van der Waals surface area contributed by atoms with Crippen LogP contribution >= 0.6 is 27.5 Å². The first kappa shape index (κ1) is 14.5. The maximum Gasteiger partial charge on any atom is 0.141 e. The predicted octanol–water partition coefficient (Wildman–Crippen LogP) is 3.57. The molecular formula is C13H14BrClFN3. The molecule has 0 saturated heterocycles. The molecule has 102 valence electrons. The summed E-state index contributed by atoms with van der Waals surface area (Å²) in [6, 6.07) is 4.73. The number of hydrogen-bond donors (Lipinski definition) is 1. The second-order valence-corrected chi connectivity index (χ2v) is 5.52. The highest BCUT2D eigenvalue weighted by atomic mass is 79.9. The molecular weight excluding hydrogens is 333 g/mol. The van der Waals surface area contributed by atoms with Crippen molar-refractivity contribution < 1.29 is 4.39 Å². The Kier molecular flexibility index (Phi) is 4.60. The zero-order valence-corrected chi connectivity index (χ0v) is 13.0. The van der Waals surface area contributed by atoms with Crippen LogP contribution in [-0.4, -0.2) is 9.78 Å². The minimum absolute atomic E-state index is 0.150. The topological polar surface area (TPSA) is 29.9 Å². The van der Waals surface area contributed by atoms with Crippen LogP contribution in [0.5, 0.6) is 0 Å². The van der Waals surface area contributed by atoms with E-state index in [1.54, 1.807) is 12.1 Å². The van der Waals surface area contributed by atoms with E-state index in [1.807, 2.05) is 18.7 Å². The van der Waals surface area contributed by atoms with Gasteiger partial charge in [-0.05, 0) is 40.5 Å². The fourth-order valence-electron chi connectivity index (χ4n) is 1.85. The molecule has 19 heavy (non-hydrogen) atoms. The highest BCUT2D eigenvalue weighted by molar-refractivity contribution is 9.10. The first-order valence-corrected chi connectivity index (χ1v) is 6.98. The molecule has 0 radical (unpaired) electrons. The molecule has 0 bridgehead atoms. The Bertz CT molecular complexity index is 598. The van der Waals surface area contributed by atoms with E-state index >= 15 is 0 Å². The summed E-state index contributed by atoms with van der Waals surface area (Å²) in [5.74, 6) is -0.393. The summed E-state index contributed by atoms with van der Waals surface area (Å²) in [7, 11) is 1.91. The van der Waals surface area contributed by atoms with Crippen molar-refractivity contribution in [2.75, 3.05) is 0 Å². The predicted molar refractivity (Wildman–Crippen MR) is 77.6 cm³/mol. The molecule has 2 aromatic rings. The first-order valence-electron chi connectivity index (χ1n) is 5.81. The lowest BCUT2D eigenvalue weighted by atomic mass is 10.2. The van der Waals surface area contributed by atoms with Gasteiger partial charge in [0.15, 0.2) is 0 Å². The van der Waals surface area contributed by atoms with Gasteiger partial charge in [0.25, 0.3) is 0 Å². The van der Waals surface area contributed by atoms with Crippen LogP contribution in [-0.2, 0) is 20.1 Å². The SMILES string of the molecule is Cc1nn(C)c(CNCc2ccc(F)c(Cl)c2)c1Br. The van der Waals surface area contributed by atoms with Crippen LogP contribution in [0.3, 0.4) is 0 Å². The molecule has 1 N–H and O–H groups in total. The molecule has 0 unspecified atom stereocenters. The van der Waals surface area contributed by atoms with Gasteiger partial charge in [-0.2, -0.15) is 5.10 Å². The van der Waals surface area contributed by atoms with E-state index in [9.17, 15) is 4.39 Å². The van der Waals surface area contributed by atoms with Crippen molar-refractivity contribution in [1.82, 2.24) is 15.1 Å². The maximum atomic E-state index is 13.0. The Morgan fingerprint density at radius 2 is 2.16 bits per heavy atom. The van der Waals surface area contributed by atoms with E-state index in [0.717, 1.165) is 21.4 Å². The van der Waals surface area contributed by atoms with Gasteiger partial charge < -0.3 is 5.32 Å². The fourth-order valence-corrected chi connectivity index (χ4v) is 2.53. The summed E-state index contributed by atoms with van der Waals surface area (Å²) in [5, 5.41) is 7.76. The molecule has 1 aromatic heterocycles. The van der Waals surface area contributed by atoms with Crippen molar-refractivity contribution in [3.63, 3.8) is 0 Å². The minimum Gasteiger partial charge on any atom is -0.307 e. The molecule has 1 aromatic carbocycles. The maximum absolute atomic E-state index is 13.0. The zero-order chi connectivity index (χ0) is 14.0. The fraction of sp³-hybridized carbons (Fsp3) is 0.308. The van der Waals surface area contributed by atoms with Gasteiger partial charge in [-0.15, -0.1) is 0 Å². The minimum atomic E-state index is -0.393. The first-order chi connectivity index (χ1) is 8.99. The van der Waals surface area contributed by atoms with Crippen LogP contribution in [0.15, 0.2) is 22.7 Å². The molecule has 0 aliphatic rings. The van der Waals surface area contributed by atoms with Crippen molar-refractivity contribution in [3.05, 3.63) is 50.5 Å². The average Bonchev–Trinajstić information content (AvgIpc) is 2.60. The van der Waals surface area contributed by atoms with E-state index in [0.29, 0.717) is 13.1 Å². The number of nitrogens with one attached hydrogen (secondary N) is 1. The highest BCUT2D eigenvalue weighted by Gasteiger charge is 2.09. The highest BCUT2D eigenvalue weighted by Crippen LogP contribution is 2.20. The van der Waals surface area contributed by atoms with Gasteiger partial charge in [0.05, 0.1) is 20.9 Å². The van der Waals surface area contributed by atoms with Crippen LogP contribution in [0.4, 0.5) is 4.39 Å². The Hall–Kier alpha value is -0.910. The number of benzene rings is 1. The van der Waals surface area contributed by atoms with Crippen LogP contribution < -0.4 is 5.32 Å². The summed E-state index contributed by atoms with van der Waals surface area (Å²) in [5.41, 5.74) is 2.98. The second kappa shape index (κ2) is 6.03. The van der Waals surface area contributed by atoms with Crippen LogP contribution in [0, 0.1) is 12.7 Å². The Balaban J connectivity index is 1.98. The van der Waals surface area contributed by atoms with Gasteiger partial charge in [0.2, 0.25) is 0 Å². The Morgan fingerprint density at radius 3 is 2.74 bits per heavy atom. The third-order valence-electron chi connectivity index (χ3n) is 2.87. The van der Waals surface area contributed by atoms with E-state index < -0.39 is 5.82 Å². The van der Waals surface area contributed by atoms with Crippen LogP contribution in [0.1, 0.15) is 17.0 Å². The van der Waals surface area contributed by atoms with E-state index in [4.69, 9.17) is 11.6 Å². The number of halogens is 3. The number of hydrogen-bond acceptors (Lipinski definition) is 2. The van der Waals surface area contributed by atoms with Crippen molar-refractivity contribution in [2.45, 2.75) is 20.0 Å². The third kappa shape index (κ3) is 3.35. The molecule has 3 nitrogen and oxygen atoms in total. The quantitative estimate of drug-likeness (QED) is 0.917. The van der Waals surface area contributed by atoms with Crippen molar-refractivity contribution in [1.29, 1.82) is 0 Å². The molecule has 0 aliphatic heterocycles. The van der Waals surface area contributed by atoms with Crippen molar-refractivity contribution in [3.8, 4) is 0 Å². The van der Waals surface area contributed by atoms with Gasteiger partial charge in [-0.25, -0.2) is 4.39 Å². The normalized spacial score (nSPS) is 11.0. The number of nitrogens with zero attached hydrogens (tertiary/aromatic N) is 2. The lowest BCUT2D eigenvalue weighted by Gasteiger charge is -2.07. The van der Waals surface area contributed by atoms with Crippen LogP contribution in [0.25, 0.3) is 0 Å². The molecule has 6 heteroatoms. The molecule has 0 saturated carbocycles. The molecule has 0 spiro atoms. The van der Waals surface area contributed by atoms with E-state index in [2.05, 4.69) is 26.3 Å². The molecule has 0 atom stereocenters. The number of rotatable bonds is 4. The Labute approximate surface area is 124 Å². The standard InChI is InChI=1S/C13H14BrClFN3/c1-8-13(14)12(19(2)18-8)7-17-6-9-3-4-11(16)10(15)5-9/h3-5,17H,6-7H2,1-2H3. The van der Waals surface area contributed by atoms with Crippen molar-refractivity contribution >= 4 is 27.5 Å². The van der Waals surface area contributed by atoms with Gasteiger partial charge in [0.1, 0.15) is 5.82 Å². The molecule has 0 amide bonds. The average molecular weight is 347 g/mol. The molecule has 0 aliphatic carbocycles.